The molecule has 190 valence electrons. The van der Waals surface area contributed by atoms with Crippen LogP contribution in [0, 0.1) is 40.5 Å². The number of rotatable bonds is 9. The van der Waals surface area contributed by atoms with Gasteiger partial charge in [0, 0.05) is 0 Å². The summed E-state index contributed by atoms with van der Waals surface area (Å²) in [4.78, 5) is 42.8. The van der Waals surface area contributed by atoms with Crippen LogP contribution >= 0.6 is 0 Å². The van der Waals surface area contributed by atoms with Gasteiger partial charge < -0.3 is 0 Å². The summed E-state index contributed by atoms with van der Waals surface area (Å²) in [6.45, 7) is 0. The molecule has 0 unspecified atom stereocenters. The summed E-state index contributed by atoms with van der Waals surface area (Å²) in [6, 6.07) is 20.5. The number of nitro benzene ring substituents is 4. The Balaban J connectivity index is 1.72. The van der Waals surface area contributed by atoms with E-state index in [4.69, 9.17) is 0 Å². The molecule has 0 fully saturated rings. The molecule has 0 aliphatic rings. The van der Waals surface area contributed by atoms with Crippen molar-refractivity contribution in [2.24, 2.45) is 0 Å². The molecule has 0 N–H and O–H groups in total. The summed E-state index contributed by atoms with van der Waals surface area (Å²) in [7, 11) is 0. The number of non-ortho nitro benzene ring substituents is 4. The van der Waals surface area contributed by atoms with Gasteiger partial charge in [-0.25, -0.2) is 0 Å². The van der Waals surface area contributed by atoms with Crippen LogP contribution in [0.1, 0.15) is 0 Å². The van der Waals surface area contributed by atoms with E-state index in [0.29, 0.717) is 22.3 Å². The fourth-order valence-electron chi connectivity index (χ4n) is 3.47. The SMILES string of the molecule is O=[N+]([O-])c1ccc(-c2cc([N+](=O)[O-])ccc2[Se][Se]c2ccc([N+](=O)[O-])cc2-c2ccc([N+](=O)[O-])cc2)cc1. The van der Waals surface area contributed by atoms with Crippen LogP contribution in [-0.4, -0.2) is 46.0 Å². The van der Waals surface area contributed by atoms with E-state index >= 15 is 0 Å². The Morgan fingerprint density at radius 3 is 1.00 bits per heavy atom. The van der Waals surface area contributed by atoms with Gasteiger partial charge in [0.2, 0.25) is 0 Å². The third-order valence-corrected chi connectivity index (χ3v) is 12.6. The summed E-state index contributed by atoms with van der Waals surface area (Å²) in [5.74, 6) is 0. The summed E-state index contributed by atoms with van der Waals surface area (Å²) in [5.41, 5.74) is 1.89. The van der Waals surface area contributed by atoms with Crippen molar-refractivity contribution in [2.45, 2.75) is 0 Å². The van der Waals surface area contributed by atoms with E-state index in [1.807, 2.05) is 0 Å². The van der Waals surface area contributed by atoms with Crippen LogP contribution in [0.3, 0.4) is 0 Å². The van der Waals surface area contributed by atoms with Crippen molar-refractivity contribution in [3.05, 3.63) is 125 Å². The van der Waals surface area contributed by atoms with E-state index in [1.165, 1.54) is 72.8 Å². The number of hydrogen-bond donors (Lipinski definition) is 0. The predicted octanol–water partition coefficient (Wildman–Crippen LogP) is 3.93. The first-order valence-corrected chi connectivity index (χ1v) is 16.6. The van der Waals surface area contributed by atoms with E-state index in [-0.39, 0.29) is 49.0 Å². The van der Waals surface area contributed by atoms with Crippen molar-refractivity contribution in [1.82, 2.24) is 0 Å². The Morgan fingerprint density at radius 2 is 0.711 bits per heavy atom. The average Bonchev–Trinajstić information content (AvgIpc) is 2.91. The molecule has 38 heavy (non-hydrogen) atoms. The van der Waals surface area contributed by atoms with Gasteiger partial charge in [0.05, 0.1) is 0 Å². The minimum absolute atomic E-state index is 0.103. The zero-order valence-electron chi connectivity index (χ0n) is 19.0. The second-order valence-electron chi connectivity index (χ2n) is 7.65. The molecule has 0 radical (unpaired) electrons. The van der Waals surface area contributed by atoms with Crippen molar-refractivity contribution in [2.75, 3.05) is 0 Å². The number of nitro groups is 4. The molecule has 0 aliphatic heterocycles. The summed E-state index contributed by atoms with van der Waals surface area (Å²) >= 11 is -0.490. The normalized spacial score (nSPS) is 10.6. The maximum absolute atomic E-state index is 11.4. The molecule has 0 saturated carbocycles. The van der Waals surface area contributed by atoms with Gasteiger partial charge in [0.25, 0.3) is 0 Å². The van der Waals surface area contributed by atoms with Gasteiger partial charge >= 0.3 is 225 Å². The van der Waals surface area contributed by atoms with Gasteiger partial charge in [-0.15, -0.1) is 0 Å². The van der Waals surface area contributed by atoms with Crippen LogP contribution in [0.5, 0.6) is 0 Å². The van der Waals surface area contributed by atoms with Crippen molar-refractivity contribution < 1.29 is 19.7 Å². The molecule has 4 aromatic rings. The second kappa shape index (κ2) is 11.3. The van der Waals surface area contributed by atoms with Crippen LogP contribution in [-0.2, 0) is 0 Å². The van der Waals surface area contributed by atoms with Crippen LogP contribution in [0.25, 0.3) is 22.3 Å². The number of benzene rings is 4. The van der Waals surface area contributed by atoms with Gasteiger partial charge in [-0.1, -0.05) is 0 Å². The quantitative estimate of drug-likeness (QED) is 0.150. The fourth-order valence-corrected chi connectivity index (χ4v) is 10.6. The van der Waals surface area contributed by atoms with Crippen LogP contribution in [0.4, 0.5) is 22.7 Å². The number of hydrogen-bond acceptors (Lipinski definition) is 8. The minimum atomic E-state index is -0.528. The van der Waals surface area contributed by atoms with Crippen LogP contribution < -0.4 is 8.92 Å². The molecule has 4 aromatic carbocycles. The first-order chi connectivity index (χ1) is 18.1. The van der Waals surface area contributed by atoms with Gasteiger partial charge in [-0.05, 0) is 0 Å². The van der Waals surface area contributed by atoms with E-state index in [0.717, 1.165) is 8.92 Å². The molecule has 0 aromatic heterocycles. The molecule has 0 spiro atoms. The third-order valence-electron chi connectivity index (χ3n) is 5.35. The molecule has 0 bridgehead atoms. The van der Waals surface area contributed by atoms with Gasteiger partial charge in [-0.2, -0.15) is 0 Å². The Kier molecular flexibility index (Phi) is 7.89. The average molecular weight is 644 g/mol. The first-order valence-electron chi connectivity index (χ1n) is 10.5. The fraction of sp³-hybridized carbons (Fsp3) is 0. The van der Waals surface area contributed by atoms with E-state index in [1.54, 1.807) is 12.1 Å². The van der Waals surface area contributed by atoms with E-state index in [9.17, 15) is 40.5 Å². The Labute approximate surface area is 224 Å². The molecule has 14 heteroatoms. The van der Waals surface area contributed by atoms with E-state index < -0.39 is 19.7 Å². The molecule has 0 amide bonds. The van der Waals surface area contributed by atoms with Crippen molar-refractivity contribution >= 4 is 57.9 Å². The molecule has 0 saturated heterocycles. The Bertz CT molecular complexity index is 1460. The Hall–Kier alpha value is -4.48. The maximum atomic E-state index is 11.4. The second-order valence-corrected chi connectivity index (χ2v) is 13.8. The van der Waals surface area contributed by atoms with Gasteiger partial charge in [-0.3, -0.25) is 0 Å². The third kappa shape index (κ3) is 5.90. The van der Waals surface area contributed by atoms with Crippen LogP contribution in [0.15, 0.2) is 84.9 Å². The zero-order chi connectivity index (χ0) is 27.4. The summed E-state index contributed by atoms with van der Waals surface area (Å²) in [6.07, 6.45) is 0. The zero-order valence-corrected chi connectivity index (χ0v) is 22.4. The number of nitrogens with zero attached hydrogens (tertiary/aromatic N) is 4. The van der Waals surface area contributed by atoms with Crippen LogP contribution in [0.2, 0.25) is 0 Å². The van der Waals surface area contributed by atoms with Crippen molar-refractivity contribution in [3.8, 4) is 22.3 Å². The van der Waals surface area contributed by atoms with Gasteiger partial charge in [0.15, 0.2) is 0 Å². The summed E-state index contributed by atoms with van der Waals surface area (Å²) < 4.78 is 1.65. The monoisotopic (exact) mass is 646 g/mol. The Morgan fingerprint density at radius 1 is 0.421 bits per heavy atom. The molecular weight excluding hydrogens is 630 g/mol. The molecule has 12 nitrogen and oxygen atoms in total. The predicted molar refractivity (Wildman–Crippen MR) is 141 cm³/mol. The molecule has 0 aliphatic carbocycles. The van der Waals surface area contributed by atoms with Gasteiger partial charge in [0.1, 0.15) is 0 Å². The first kappa shape index (κ1) is 26.6. The molecule has 0 heterocycles. The molecular formula is C24H14N4O8Se2. The van der Waals surface area contributed by atoms with Crippen molar-refractivity contribution in [1.29, 1.82) is 0 Å². The standard InChI is InChI=1S/C24H14N4O8Se2/c29-25(30)17-5-1-15(2-6-17)21-13-19(27(33)34)9-11-23(21)37-38-24-12-10-20(28(35)36)14-22(24)16-3-7-18(8-4-16)26(31)32/h1-14H. The topological polar surface area (TPSA) is 173 Å². The molecule has 4 rings (SSSR count). The molecule has 0 atom stereocenters. The summed E-state index contributed by atoms with van der Waals surface area (Å²) in [5, 5.41) is 44.9. The van der Waals surface area contributed by atoms with E-state index in [2.05, 4.69) is 0 Å². The van der Waals surface area contributed by atoms with Crippen molar-refractivity contribution in [3.63, 3.8) is 0 Å².